The zero-order chi connectivity index (χ0) is 19.1. The van der Waals surface area contributed by atoms with Gasteiger partial charge in [-0.3, -0.25) is 5.41 Å². The first kappa shape index (κ1) is 17.1. The van der Waals surface area contributed by atoms with E-state index in [1.807, 2.05) is 0 Å². The molecule has 6 heteroatoms. The summed E-state index contributed by atoms with van der Waals surface area (Å²) in [5.41, 5.74) is -2.39. The molecule has 3 heterocycles. The molecule has 1 saturated carbocycles. The Morgan fingerprint density at radius 2 is 1.81 bits per heavy atom. The van der Waals surface area contributed by atoms with Gasteiger partial charge in [0.15, 0.2) is 10.8 Å². The monoisotopic (exact) mass is 350 g/mol. The summed E-state index contributed by atoms with van der Waals surface area (Å²) < 4.78 is 11.9. The fraction of sp³-hybridized carbons (Fsp3) is 0.700. The molecule has 6 rings (SSSR count). The van der Waals surface area contributed by atoms with Crippen molar-refractivity contribution in [3.63, 3.8) is 0 Å². The first-order valence-corrected chi connectivity index (χ1v) is 9.04. The molecule has 6 nitrogen and oxygen atoms in total. The van der Waals surface area contributed by atoms with Crippen LogP contribution in [0.1, 0.15) is 40.5 Å². The van der Waals surface area contributed by atoms with Crippen LogP contribution in [0.3, 0.4) is 0 Å². The van der Waals surface area contributed by atoms with E-state index >= 15 is 0 Å². The zero-order valence-electron chi connectivity index (χ0n) is 15.5. The molecule has 3 aliphatic carbocycles. The van der Waals surface area contributed by atoms with E-state index in [0.717, 1.165) is 18.4 Å². The van der Waals surface area contributed by atoms with Crippen LogP contribution in [-0.4, -0.2) is 17.8 Å². The fourth-order valence-corrected chi connectivity index (χ4v) is 5.66. The van der Waals surface area contributed by atoms with Gasteiger partial charge in [0.2, 0.25) is 11.7 Å². The second-order valence-corrected chi connectivity index (χ2v) is 8.86. The van der Waals surface area contributed by atoms with E-state index < -0.39 is 28.6 Å². The Labute approximate surface area is 153 Å². The molecule has 0 amide bonds. The lowest BCUT2D eigenvalue weighted by molar-refractivity contribution is -0.329. The Morgan fingerprint density at radius 1 is 1.15 bits per heavy atom. The number of nitrogens with zero attached hydrogens (tertiary/aromatic N) is 3. The summed E-state index contributed by atoms with van der Waals surface area (Å²) in [6, 6.07) is 6.35. The van der Waals surface area contributed by atoms with Crippen molar-refractivity contribution in [2.45, 2.75) is 52.4 Å². The third kappa shape index (κ3) is 1.49. The van der Waals surface area contributed by atoms with Crippen LogP contribution in [0.5, 0.6) is 0 Å². The highest BCUT2D eigenvalue weighted by molar-refractivity contribution is 5.89. The summed E-state index contributed by atoms with van der Waals surface area (Å²) in [4.78, 5) is 0. The molecule has 3 saturated heterocycles. The van der Waals surface area contributed by atoms with E-state index in [1.165, 1.54) is 0 Å². The van der Waals surface area contributed by atoms with Crippen molar-refractivity contribution in [1.29, 1.82) is 21.2 Å². The van der Waals surface area contributed by atoms with E-state index in [0.29, 0.717) is 5.92 Å². The van der Waals surface area contributed by atoms with Crippen LogP contribution < -0.4 is 0 Å². The van der Waals surface area contributed by atoms with Gasteiger partial charge in [0.05, 0.1) is 24.1 Å². The Morgan fingerprint density at radius 3 is 2.31 bits per heavy atom. The van der Waals surface area contributed by atoms with Crippen molar-refractivity contribution < 1.29 is 9.47 Å². The number of rotatable bonds is 1. The van der Waals surface area contributed by atoms with Gasteiger partial charge in [-0.1, -0.05) is 26.8 Å². The molecule has 6 atom stereocenters. The van der Waals surface area contributed by atoms with Crippen LogP contribution in [0, 0.1) is 73.4 Å². The minimum atomic E-state index is -1.75. The summed E-state index contributed by atoms with van der Waals surface area (Å²) in [7, 11) is 0. The summed E-state index contributed by atoms with van der Waals surface area (Å²) in [5.74, 6) is -1.42. The van der Waals surface area contributed by atoms with E-state index in [9.17, 15) is 15.8 Å². The third-order valence-electron chi connectivity index (χ3n) is 7.81. The predicted molar refractivity (Wildman–Crippen MR) is 91.0 cm³/mol. The van der Waals surface area contributed by atoms with Crippen molar-refractivity contribution in [2.75, 3.05) is 0 Å². The van der Waals surface area contributed by atoms with Gasteiger partial charge >= 0.3 is 0 Å². The molecule has 4 fully saturated rings. The van der Waals surface area contributed by atoms with Gasteiger partial charge in [-0.05, 0) is 35.7 Å². The number of hydrogen-bond donors (Lipinski definition) is 1. The largest absolute Gasteiger partial charge is 0.448 e. The Balaban J connectivity index is 1.94. The highest BCUT2D eigenvalue weighted by Crippen LogP contribution is 2.67. The number of fused-ring (bicyclic) bond motifs is 5. The number of nitrogens with one attached hydrogen (secondary N) is 1. The number of hydrogen-bond acceptors (Lipinski definition) is 6. The van der Waals surface area contributed by atoms with Gasteiger partial charge in [-0.15, -0.1) is 0 Å². The minimum absolute atomic E-state index is 0.0955. The Kier molecular flexibility index (Phi) is 3.07. The lowest BCUT2D eigenvalue weighted by Crippen LogP contribution is -2.75. The molecule has 6 aliphatic rings. The van der Waals surface area contributed by atoms with Gasteiger partial charge in [-0.25, -0.2) is 0 Å². The van der Waals surface area contributed by atoms with Crippen molar-refractivity contribution >= 4 is 5.90 Å². The highest BCUT2D eigenvalue weighted by atomic mass is 16.7. The first-order chi connectivity index (χ1) is 12.1. The fourth-order valence-electron chi connectivity index (χ4n) is 5.66. The molecule has 0 unspecified atom stereocenters. The second-order valence-electron chi connectivity index (χ2n) is 8.86. The molecule has 0 aromatic carbocycles. The molecular formula is C20H22N4O2. The molecule has 4 bridgehead atoms. The van der Waals surface area contributed by atoms with E-state index in [4.69, 9.17) is 14.9 Å². The molecule has 0 aromatic rings. The van der Waals surface area contributed by atoms with Crippen molar-refractivity contribution in [2.24, 2.45) is 34.0 Å². The molecule has 0 radical (unpaired) electrons. The van der Waals surface area contributed by atoms with Gasteiger partial charge < -0.3 is 9.47 Å². The minimum Gasteiger partial charge on any atom is -0.448 e. The maximum absolute atomic E-state index is 10.2. The molecular weight excluding hydrogens is 328 g/mol. The Bertz CT molecular complexity index is 856. The third-order valence-corrected chi connectivity index (χ3v) is 7.81. The molecule has 26 heavy (non-hydrogen) atoms. The molecule has 3 aliphatic heterocycles. The average molecular weight is 350 g/mol. The van der Waals surface area contributed by atoms with Gasteiger partial charge in [-0.2, -0.15) is 15.8 Å². The van der Waals surface area contributed by atoms with E-state index in [-0.39, 0.29) is 17.2 Å². The highest BCUT2D eigenvalue weighted by Gasteiger charge is 2.79. The normalized spacial score (nSPS) is 46.7. The SMILES string of the molecule is C[C@H]1C(C#N)(C#N)[C@@]2(C#N)C(=N)O[C@@]1(C)O[C@H]2C1=CC[C@H]2C[C@H]1C2(C)C. The summed E-state index contributed by atoms with van der Waals surface area (Å²) >= 11 is 0. The lowest BCUT2D eigenvalue weighted by Gasteiger charge is -2.64. The second kappa shape index (κ2) is 4.67. The topological polar surface area (TPSA) is 114 Å². The van der Waals surface area contributed by atoms with Gasteiger partial charge in [0, 0.05) is 6.92 Å². The maximum Gasteiger partial charge on any atom is 0.215 e. The van der Waals surface area contributed by atoms with Gasteiger partial charge in [0.25, 0.3) is 0 Å². The smallest absolute Gasteiger partial charge is 0.215 e. The van der Waals surface area contributed by atoms with Crippen LogP contribution in [0.15, 0.2) is 11.6 Å². The van der Waals surface area contributed by atoms with Crippen LogP contribution >= 0.6 is 0 Å². The van der Waals surface area contributed by atoms with Crippen molar-refractivity contribution in [3.05, 3.63) is 11.6 Å². The van der Waals surface area contributed by atoms with Crippen LogP contribution in [0.25, 0.3) is 0 Å². The summed E-state index contributed by atoms with van der Waals surface area (Å²) in [5, 5.41) is 38.7. The zero-order valence-corrected chi connectivity index (χ0v) is 15.5. The maximum atomic E-state index is 10.2. The van der Waals surface area contributed by atoms with Gasteiger partial charge in [0.1, 0.15) is 6.10 Å². The quantitative estimate of drug-likeness (QED) is 0.729. The summed E-state index contributed by atoms with van der Waals surface area (Å²) in [6.45, 7) is 7.79. The van der Waals surface area contributed by atoms with Crippen LogP contribution in [0.2, 0.25) is 0 Å². The molecule has 0 spiro atoms. The van der Waals surface area contributed by atoms with Crippen LogP contribution in [0.4, 0.5) is 0 Å². The predicted octanol–water partition coefficient (Wildman–Crippen LogP) is 3.28. The summed E-state index contributed by atoms with van der Waals surface area (Å²) in [6.07, 6.45) is 3.22. The van der Waals surface area contributed by atoms with E-state index in [1.54, 1.807) is 13.8 Å². The standard InChI is InChI=1S/C20H22N4O2/c1-11-18(4)25-15(13-6-5-12-7-14(13)17(12,2)3)20(10-23,16(24)26-18)19(11,8-21)9-22/h6,11-12,14-15,24H,5,7H2,1-4H3/t11-,12+,14-,15+,18-,20-/m1/s1. The number of nitriles is 3. The van der Waals surface area contributed by atoms with Crippen molar-refractivity contribution in [1.82, 2.24) is 0 Å². The number of allylic oxidation sites excluding steroid dienone is 1. The number of ether oxygens (including phenoxy) is 2. The lowest BCUT2D eigenvalue weighted by atomic mass is 9.44. The molecule has 0 aromatic heterocycles. The van der Waals surface area contributed by atoms with Crippen LogP contribution in [-0.2, 0) is 9.47 Å². The van der Waals surface area contributed by atoms with Crippen molar-refractivity contribution in [3.8, 4) is 18.2 Å². The first-order valence-electron chi connectivity index (χ1n) is 9.04. The molecule has 1 N–H and O–H groups in total. The molecule has 134 valence electrons. The average Bonchev–Trinajstić information content (AvgIpc) is 2.63. The van der Waals surface area contributed by atoms with E-state index in [2.05, 4.69) is 38.1 Å². The Hall–Kier alpha value is -2.36.